The van der Waals surface area contributed by atoms with E-state index in [1.54, 1.807) is 30.0 Å². The number of carbonyl (C=O) groups is 2. The maximum absolute atomic E-state index is 12.6. The van der Waals surface area contributed by atoms with Gasteiger partial charge in [-0.05, 0) is 53.9 Å². The van der Waals surface area contributed by atoms with Gasteiger partial charge in [0.1, 0.15) is 0 Å². The van der Waals surface area contributed by atoms with Crippen LogP contribution in [-0.2, 0) is 4.79 Å². The van der Waals surface area contributed by atoms with Crippen LogP contribution in [0.2, 0.25) is 5.02 Å². The summed E-state index contributed by atoms with van der Waals surface area (Å²) in [6.45, 7) is 2.37. The van der Waals surface area contributed by atoms with E-state index in [4.69, 9.17) is 11.6 Å². The number of carboxylic acid groups (broad SMARTS) is 1. The molecule has 1 fully saturated rings. The highest BCUT2D eigenvalue weighted by Gasteiger charge is 2.36. The highest BCUT2D eigenvalue weighted by atomic mass is 79.9. The van der Waals surface area contributed by atoms with Crippen molar-refractivity contribution in [1.82, 2.24) is 4.90 Å². The molecular formula is C14H15BrClNO3. The number of amides is 1. The molecule has 0 radical (unpaired) electrons. The fourth-order valence-electron chi connectivity index (χ4n) is 2.58. The first-order valence-electron chi connectivity index (χ1n) is 6.40. The largest absolute Gasteiger partial charge is 0.481 e. The van der Waals surface area contributed by atoms with Crippen LogP contribution in [0.4, 0.5) is 0 Å². The second kappa shape index (κ2) is 6.14. The highest BCUT2D eigenvalue weighted by molar-refractivity contribution is 9.10. The molecule has 0 bridgehead atoms. The molecule has 0 unspecified atom stereocenters. The summed E-state index contributed by atoms with van der Waals surface area (Å²) in [6, 6.07) is 4.67. The Hall–Kier alpha value is -1.07. The number of carbonyl (C=O) groups excluding carboxylic acids is 1. The van der Waals surface area contributed by atoms with Crippen molar-refractivity contribution in [2.75, 3.05) is 6.54 Å². The molecule has 1 heterocycles. The SMILES string of the molecule is C[C@@H]1[C@H](C(=O)O)CCCN1C(=O)c1ccc(Cl)cc1Br. The zero-order chi connectivity index (χ0) is 14.9. The van der Waals surface area contributed by atoms with Crippen LogP contribution in [0.15, 0.2) is 22.7 Å². The normalized spacial score (nSPS) is 22.6. The zero-order valence-electron chi connectivity index (χ0n) is 11.0. The van der Waals surface area contributed by atoms with Crippen LogP contribution in [0.5, 0.6) is 0 Å². The highest BCUT2D eigenvalue weighted by Crippen LogP contribution is 2.28. The van der Waals surface area contributed by atoms with Crippen molar-refractivity contribution in [1.29, 1.82) is 0 Å². The minimum atomic E-state index is -0.842. The fraction of sp³-hybridized carbons (Fsp3) is 0.429. The van der Waals surface area contributed by atoms with E-state index in [0.29, 0.717) is 34.4 Å². The van der Waals surface area contributed by atoms with Crippen LogP contribution in [0.3, 0.4) is 0 Å². The molecule has 1 aromatic rings. The summed E-state index contributed by atoms with van der Waals surface area (Å²) >= 11 is 9.20. The minimum absolute atomic E-state index is 0.160. The third-order valence-electron chi connectivity index (χ3n) is 3.73. The summed E-state index contributed by atoms with van der Waals surface area (Å²) in [6.07, 6.45) is 1.32. The zero-order valence-corrected chi connectivity index (χ0v) is 13.3. The molecule has 2 rings (SSSR count). The average molecular weight is 361 g/mol. The number of hydrogen-bond acceptors (Lipinski definition) is 2. The van der Waals surface area contributed by atoms with Gasteiger partial charge in [0.2, 0.25) is 0 Å². The van der Waals surface area contributed by atoms with Crippen molar-refractivity contribution < 1.29 is 14.7 Å². The van der Waals surface area contributed by atoms with Crippen LogP contribution >= 0.6 is 27.5 Å². The number of aliphatic carboxylic acids is 1. The van der Waals surface area contributed by atoms with Crippen molar-refractivity contribution >= 4 is 39.4 Å². The molecule has 4 nitrogen and oxygen atoms in total. The molecule has 6 heteroatoms. The summed E-state index contributed by atoms with van der Waals surface area (Å²) in [5, 5.41) is 9.75. The molecule has 20 heavy (non-hydrogen) atoms. The monoisotopic (exact) mass is 359 g/mol. The van der Waals surface area contributed by atoms with Crippen LogP contribution in [0.1, 0.15) is 30.1 Å². The van der Waals surface area contributed by atoms with Crippen LogP contribution in [0, 0.1) is 5.92 Å². The van der Waals surface area contributed by atoms with Crippen molar-refractivity contribution in [3.63, 3.8) is 0 Å². The maximum atomic E-state index is 12.6. The summed E-state index contributed by atoms with van der Waals surface area (Å²) in [5.41, 5.74) is 0.507. The van der Waals surface area contributed by atoms with Crippen LogP contribution < -0.4 is 0 Å². The Morgan fingerprint density at radius 1 is 1.45 bits per heavy atom. The van der Waals surface area contributed by atoms with E-state index in [-0.39, 0.29) is 11.9 Å². The number of benzene rings is 1. The van der Waals surface area contributed by atoms with E-state index in [1.807, 2.05) is 0 Å². The van der Waals surface area contributed by atoms with Gasteiger partial charge >= 0.3 is 5.97 Å². The van der Waals surface area contributed by atoms with Gasteiger partial charge in [0.05, 0.1) is 11.5 Å². The van der Waals surface area contributed by atoms with Crippen molar-refractivity contribution in [2.45, 2.75) is 25.8 Å². The number of likely N-dealkylation sites (tertiary alicyclic amines) is 1. The first-order chi connectivity index (χ1) is 9.41. The summed E-state index contributed by atoms with van der Waals surface area (Å²) in [5.74, 6) is -1.50. The number of rotatable bonds is 2. The molecule has 1 aliphatic rings. The predicted octanol–water partition coefficient (Wildman–Crippen LogP) is 3.43. The van der Waals surface area contributed by atoms with Gasteiger partial charge in [-0.2, -0.15) is 0 Å². The number of carboxylic acids is 1. The minimum Gasteiger partial charge on any atom is -0.481 e. The van der Waals surface area contributed by atoms with E-state index in [0.717, 1.165) is 0 Å². The van der Waals surface area contributed by atoms with Crippen molar-refractivity contribution in [3.8, 4) is 0 Å². The quantitative estimate of drug-likeness (QED) is 0.879. The third-order valence-corrected chi connectivity index (χ3v) is 4.62. The van der Waals surface area contributed by atoms with Crippen LogP contribution in [0.25, 0.3) is 0 Å². The molecule has 0 aromatic heterocycles. The molecule has 0 saturated carbocycles. The Morgan fingerprint density at radius 3 is 2.75 bits per heavy atom. The average Bonchev–Trinajstić information content (AvgIpc) is 2.38. The van der Waals surface area contributed by atoms with Gasteiger partial charge in [0, 0.05) is 22.1 Å². The number of hydrogen-bond donors (Lipinski definition) is 1. The second-order valence-electron chi connectivity index (χ2n) is 4.95. The molecular weight excluding hydrogens is 346 g/mol. The Morgan fingerprint density at radius 2 is 2.15 bits per heavy atom. The number of nitrogens with zero attached hydrogens (tertiary/aromatic N) is 1. The molecule has 1 amide bonds. The van der Waals surface area contributed by atoms with E-state index in [1.165, 1.54) is 0 Å². The van der Waals surface area contributed by atoms with Crippen LogP contribution in [-0.4, -0.2) is 34.5 Å². The lowest BCUT2D eigenvalue weighted by molar-refractivity contribution is -0.144. The summed E-state index contributed by atoms with van der Waals surface area (Å²) in [7, 11) is 0. The third kappa shape index (κ3) is 2.99. The molecule has 1 saturated heterocycles. The van der Waals surface area contributed by atoms with E-state index >= 15 is 0 Å². The van der Waals surface area contributed by atoms with E-state index in [2.05, 4.69) is 15.9 Å². The van der Waals surface area contributed by atoms with Crippen molar-refractivity contribution in [2.24, 2.45) is 5.92 Å². The smallest absolute Gasteiger partial charge is 0.308 e. The Labute approximate surface area is 130 Å². The summed E-state index contributed by atoms with van der Waals surface area (Å²) < 4.78 is 0.625. The fourth-order valence-corrected chi connectivity index (χ4v) is 3.43. The number of piperidine rings is 1. The molecule has 0 spiro atoms. The predicted molar refractivity (Wildman–Crippen MR) is 80.0 cm³/mol. The van der Waals surface area contributed by atoms with E-state index < -0.39 is 11.9 Å². The van der Waals surface area contributed by atoms with Gasteiger partial charge in [-0.15, -0.1) is 0 Å². The Kier molecular flexibility index (Phi) is 4.70. The maximum Gasteiger partial charge on any atom is 0.308 e. The van der Waals surface area contributed by atoms with Gasteiger partial charge in [0.25, 0.3) is 5.91 Å². The van der Waals surface area contributed by atoms with Gasteiger partial charge < -0.3 is 10.0 Å². The molecule has 1 aromatic carbocycles. The lowest BCUT2D eigenvalue weighted by atomic mass is 9.90. The van der Waals surface area contributed by atoms with Gasteiger partial charge in [-0.3, -0.25) is 9.59 Å². The number of halogens is 2. The van der Waals surface area contributed by atoms with Gasteiger partial charge in [-0.1, -0.05) is 11.6 Å². The van der Waals surface area contributed by atoms with Gasteiger partial charge in [0.15, 0.2) is 0 Å². The topological polar surface area (TPSA) is 57.6 Å². The van der Waals surface area contributed by atoms with E-state index in [9.17, 15) is 14.7 Å². The standard InChI is InChI=1S/C14H15BrClNO3/c1-8-10(14(19)20)3-2-6-17(8)13(18)11-5-4-9(16)7-12(11)15/h4-5,7-8,10H,2-3,6H2,1H3,(H,19,20)/t8-,10-/m1/s1. The summed E-state index contributed by atoms with van der Waals surface area (Å²) in [4.78, 5) is 25.4. The molecule has 1 N–H and O–H groups in total. The molecule has 2 atom stereocenters. The Bertz CT molecular complexity index is 549. The molecule has 108 valence electrons. The molecule has 1 aliphatic heterocycles. The van der Waals surface area contributed by atoms with Gasteiger partial charge in [-0.25, -0.2) is 0 Å². The second-order valence-corrected chi connectivity index (χ2v) is 6.24. The molecule has 0 aliphatic carbocycles. The first-order valence-corrected chi connectivity index (χ1v) is 7.57. The Balaban J connectivity index is 2.26. The lowest BCUT2D eigenvalue weighted by Crippen LogP contribution is -2.49. The lowest BCUT2D eigenvalue weighted by Gasteiger charge is -2.37. The van der Waals surface area contributed by atoms with Crippen molar-refractivity contribution in [3.05, 3.63) is 33.3 Å². The first kappa shape index (κ1) is 15.3.